The van der Waals surface area contributed by atoms with Crippen LogP contribution in [0.1, 0.15) is 32.1 Å². The van der Waals surface area contributed by atoms with Gasteiger partial charge in [-0.3, -0.25) is 0 Å². The van der Waals surface area contributed by atoms with E-state index in [1.54, 1.807) is 30.3 Å². The molecule has 112 valence electrons. The minimum Gasteiger partial charge on any atom is -0.489 e. The number of sulfone groups is 1. The molecule has 0 unspecified atom stereocenters. The fourth-order valence-corrected chi connectivity index (χ4v) is 4.88. The number of benzene rings is 1. The van der Waals surface area contributed by atoms with Gasteiger partial charge in [0.25, 0.3) is 0 Å². The summed E-state index contributed by atoms with van der Waals surface area (Å²) < 4.78 is 31.7. The number of allylic oxidation sites excluding steroid dienone is 2. The summed E-state index contributed by atoms with van der Waals surface area (Å²) in [6.45, 7) is 3.77. The summed E-state index contributed by atoms with van der Waals surface area (Å²) in [5.41, 5.74) is 0. The number of rotatable bonds is 3. The molecule has 3 nitrogen and oxygen atoms in total. The molecule has 0 radical (unpaired) electrons. The number of hydrogen-bond donors (Lipinski definition) is 0. The van der Waals surface area contributed by atoms with Crippen molar-refractivity contribution in [2.45, 2.75) is 43.1 Å². The van der Waals surface area contributed by atoms with Gasteiger partial charge in [-0.15, -0.1) is 0 Å². The lowest BCUT2D eigenvalue weighted by Crippen LogP contribution is -2.10. The Morgan fingerprint density at radius 2 is 1.95 bits per heavy atom. The van der Waals surface area contributed by atoms with Gasteiger partial charge in [-0.25, -0.2) is 8.42 Å². The van der Waals surface area contributed by atoms with E-state index < -0.39 is 9.84 Å². The molecule has 0 saturated carbocycles. The van der Waals surface area contributed by atoms with Gasteiger partial charge in [-0.1, -0.05) is 37.3 Å². The molecule has 1 aromatic rings. The third-order valence-electron chi connectivity index (χ3n) is 4.29. The van der Waals surface area contributed by atoms with Crippen LogP contribution in [-0.4, -0.2) is 14.5 Å². The van der Waals surface area contributed by atoms with Crippen molar-refractivity contribution < 1.29 is 13.2 Å². The zero-order valence-corrected chi connectivity index (χ0v) is 12.8. The number of fused-ring (bicyclic) bond motifs is 1. The molecule has 1 aromatic carbocycles. The molecule has 1 saturated heterocycles. The van der Waals surface area contributed by atoms with Crippen LogP contribution in [0, 0.1) is 5.92 Å². The second kappa shape index (κ2) is 5.68. The average Bonchev–Trinajstić information content (AvgIpc) is 2.80. The maximum absolute atomic E-state index is 12.9. The second-order valence-corrected chi connectivity index (χ2v) is 7.65. The van der Waals surface area contributed by atoms with Crippen molar-refractivity contribution in [1.82, 2.24) is 0 Å². The molecule has 3 rings (SSSR count). The zero-order chi connectivity index (χ0) is 14.9. The normalized spacial score (nSPS) is 25.9. The molecule has 2 aliphatic rings. The van der Waals surface area contributed by atoms with Crippen LogP contribution in [-0.2, 0) is 14.6 Å². The van der Waals surface area contributed by atoms with Gasteiger partial charge in [-0.2, -0.15) is 0 Å². The SMILES string of the molecule is C=C[C@H]1C[C@H]2CCCCC(S(=O)(=O)c3ccccc3)=C2O1. The van der Waals surface area contributed by atoms with Gasteiger partial charge in [0.1, 0.15) is 11.9 Å². The standard InChI is InChI=1S/C17H20O3S/c1-2-14-12-13-8-6-7-11-16(17(13)20-14)21(18,19)15-9-4-3-5-10-15/h2-5,9-10,13-14H,1,6-8,11-12H2/t13-,14+/m1/s1. The molecule has 21 heavy (non-hydrogen) atoms. The average molecular weight is 304 g/mol. The summed E-state index contributed by atoms with van der Waals surface area (Å²) in [7, 11) is -3.45. The van der Waals surface area contributed by atoms with E-state index in [1.165, 1.54) is 0 Å². The van der Waals surface area contributed by atoms with Gasteiger partial charge in [-0.05, 0) is 37.8 Å². The Bertz CT molecular complexity index is 659. The third kappa shape index (κ3) is 2.64. The molecule has 0 amide bonds. The molecule has 0 N–H and O–H groups in total. The summed E-state index contributed by atoms with van der Waals surface area (Å²) in [5, 5.41) is 0. The third-order valence-corrected chi connectivity index (χ3v) is 6.23. The van der Waals surface area contributed by atoms with Gasteiger partial charge in [0.05, 0.1) is 9.80 Å². The van der Waals surface area contributed by atoms with E-state index in [4.69, 9.17) is 4.74 Å². The highest BCUT2D eigenvalue weighted by Crippen LogP contribution is 2.42. The van der Waals surface area contributed by atoms with E-state index in [9.17, 15) is 8.42 Å². The monoisotopic (exact) mass is 304 g/mol. The fourth-order valence-electron chi connectivity index (χ4n) is 3.19. The van der Waals surface area contributed by atoms with Crippen LogP contribution in [0.2, 0.25) is 0 Å². The van der Waals surface area contributed by atoms with Gasteiger partial charge >= 0.3 is 0 Å². The molecule has 1 fully saturated rings. The Balaban J connectivity index is 2.08. The molecular formula is C17H20O3S. The van der Waals surface area contributed by atoms with Gasteiger partial charge in [0.15, 0.2) is 0 Å². The van der Waals surface area contributed by atoms with Crippen LogP contribution < -0.4 is 0 Å². The first-order chi connectivity index (χ1) is 10.1. The van der Waals surface area contributed by atoms with Crippen LogP contribution >= 0.6 is 0 Å². The number of ether oxygens (including phenoxy) is 1. The Kier molecular flexibility index (Phi) is 3.89. The van der Waals surface area contributed by atoms with Crippen molar-refractivity contribution in [1.29, 1.82) is 0 Å². The predicted molar refractivity (Wildman–Crippen MR) is 82.3 cm³/mol. The predicted octanol–water partition coefficient (Wildman–Crippen LogP) is 3.84. The lowest BCUT2D eigenvalue weighted by molar-refractivity contribution is 0.198. The molecule has 1 aliphatic heterocycles. The van der Waals surface area contributed by atoms with E-state index in [0.29, 0.717) is 22.0 Å². The van der Waals surface area contributed by atoms with Gasteiger partial charge in [0.2, 0.25) is 9.84 Å². The first-order valence-electron chi connectivity index (χ1n) is 7.45. The van der Waals surface area contributed by atoms with Crippen LogP contribution in [0.4, 0.5) is 0 Å². The summed E-state index contributed by atoms with van der Waals surface area (Å²) in [5.74, 6) is 0.922. The molecule has 0 bridgehead atoms. The minimum atomic E-state index is -3.45. The summed E-state index contributed by atoms with van der Waals surface area (Å²) in [6.07, 6.45) is 6.12. The van der Waals surface area contributed by atoms with Gasteiger partial charge < -0.3 is 4.74 Å². The molecule has 1 aliphatic carbocycles. The molecule has 0 aromatic heterocycles. The van der Waals surface area contributed by atoms with E-state index in [0.717, 1.165) is 25.7 Å². The lowest BCUT2D eigenvalue weighted by Gasteiger charge is -2.13. The lowest BCUT2D eigenvalue weighted by atomic mass is 9.98. The Hall–Kier alpha value is -1.55. The largest absolute Gasteiger partial charge is 0.489 e. The Morgan fingerprint density at radius 3 is 2.67 bits per heavy atom. The van der Waals surface area contributed by atoms with Crippen molar-refractivity contribution in [2.75, 3.05) is 0 Å². The Morgan fingerprint density at radius 1 is 1.19 bits per heavy atom. The van der Waals surface area contributed by atoms with Crippen LogP contribution in [0.5, 0.6) is 0 Å². The maximum atomic E-state index is 12.9. The van der Waals surface area contributed by atoms with E-state index in [2.05, 4.69) is 6.58 Å². The Labute approximate surface area is 126 Å². The van der Waals surface area contributed by atoms with Crippen molar-refractivity contribution >= 4 is 9.84 Å². The van der Waals surface area contributed by atoms with Crippen molar-refractivity contribution in [3.8, 4) is 0 Å². The van der Waals surface area contributed by atoms with Crippen LogP contribution in [0.3, 0.4) is 0 Å². The molecule has 2 atom stereocenters. The van der Waals surface area contributed by atoms with Crippen molar-refractivity contribution in [2.24, 2.45) is 5.92 Å². The zero-order valence-electron chi connectivity index (χ0n) is 12.0. The topological polar surface area (TPSA) is 43.4 Å². The quantitative estimate of drug-likeness (QED) is 0.797. The first kappa shape index (κ1) is 14.4. The highest BCUT2D eigenvalue weighted by Gasteiger charge is 2.37. The first-order valence-corrected chi connectivity index (χ1v) is 8.93. The van der Waals surface area contributed by atoms with E-state index in [-0.39, 0.29) is 12.0 Å². The molecule has 0 spiro atoms. The van der Waals surface area contributed by atoms with E-state index in [1.807, 2.05) is 6.07 Å². The minimum absolute atomic E-state index is 0.0518. The van der Waals surface area contributed by atoms with Crippen LogP contribution in [0.15, 0.2) is 58.5 Å². The van der Waals surface area contributed by atoms with Crippen LogP contribution in [0.25, 0.3) is 0 Å². The molecule has 4 heteroatoms. The summed E-state index contributed by atoms with van der Waals surface area (Å²) >= 11 is 0. The summed E-state index contributed by atoms with van der Waals surface area (Å²) in [6, 6.07) is 8.65. The fraction of sp³-hybridized carbons (Fsp3) is 0.412. The highest BCUT2D eigenvalue weighted by molar-refractivity contribution is 7.95. The highest BCUT2D eigenvalue weighted by atomic mass is 32.2. The van der Waals surface area contributed by atoms with Crippen molar-refractivity contribution in [3.05, 3.63) is 53.7 Å². The molecular weight excluding hydrogens is 284 g/mol. The molecule has 1 heterocycles. The van der Waals surface area contributed by atoms with Crippen molar-refractivity contribution in [3.63, 3.8) is 0 Å². The van der Waals surface area contributed by atoms with Gasteiger partial charge in [0, 0.05) is 5.92 Å². The smallest absolute Gasteiger partial charge is 0.206 e. The maximum Gasteiger partial charge on any atom is 0.206 e. The second-order valence-electron chi connectivity index (χ2n) is 5.67. The number of hydrogen-bond acceptors (Lipinski definition) is 3. The summed E-state index contributed by atoms with van der Waals surface area (Å²) in [4.78, 5) is 0.847. The van der Waals surface area contributed by atoms with E-state index >= 15 is 0 Å².